The average molecular weight is 275 g/mol. The molecule has 0 fully saturated rings. The smallest absolute Gasteiger partial charge is 0.173 e. The van der Waals surface area contributed by atoms with E-state index in [1.54, 1.807) is 31.2 Å². The van der Waals surface area contributed by atoms with E-state index < -0.39 is 6.04 Å². The molecule has 0 radical (unpaired) electrons. The molecule has 0 amide bonds. The molecule has 0 aliphatic carbocycles. The van der Waals surface area contributed by atoms with Crippen LogP contribution in [0.5, 0.6) is 5.75 Å². The number of carbonyl (C=O) groups excluding carboxylic acids is 2. The summed E-state index contributed by atoms with van der Waals surface area (Å²) in [6, 6.07) is 6.17. The first-order valence-corrected chi connectivity index (χ1v) is 6.86. The molecule has 0 aliphatic heterocycles. The normalized spacial score (nSPS) is 13.1. The molecule has 0 saturated carbocycles. The van der Waals surface area contributed by atoms with E-state index in [2.05, 4.69) is 4.99 Å². The van der Waals surface area contributed by atoms with Gasteiger partial charge in [0.25, 0.3) is 0 Å². The molecule has 0 heterocycles. The van der Waals surface area contributed by atoms with Gasteiger partial charge in [-0.2, -0.15) is 0 Å². The maximum atomic E-state index is 12.0. The first-order valence-electron chi connectivity index (χ1n) is 6.86. The molecule has 20 heavy (non-hydrogen) atoms. The van der Waals surface area contributed by atoms with E-state index in [9.17, 15) is 14.7 Å². The van der Waals surface area contributed by atoms with E-state index in [0.29, 0.717) is 25.0 Å². The Morgan fingerprint density at radius 3 is 2.20 bits per heavy atom. The molecule has 1 rings (SSSR count). The Balaban J connectivity index is 2.98. The van der Waals surface area contributed by atoms with Crippen LogP contribution in [0, 0.1) is 0 Å². The van der Waals surface area contributed by atoms with Crippen LogP contribution in [-0.4, -0.2) is 28.4 Å². The fourth-order valence-corrected chi connectivity index (χ4v) is 1.94. The zero-order valence-electron chi connectivity index (χ0n) is 12.2. The SMILES string of the molecule is CCC(=O)[C@@H](Cc1ccc(O)cc1)N=C(CC)C(C)=O. The molecule has 1 aromatic rings. The van der Waals surface area contributed by atoms with Gasteiger partial charge in [-0.15, -0.1) is 0 Å². The third-order valence-electron chi connectivity index (χ3n) is 3.14. The molecule has 0 aromatic heterocycles. The van der Waals surface area contributed by atoms with Crippen LogP contribution in [0.4, 0.5) is 0 Å². The summed E-state index contributed by atoms with van der Waals surface area (Å²) in [6.45, 7) is 5.12. The number of hydrogen-bond donors (Lipinski definition) is 1. The summed E-state index contributed by atoms with van der Waals surface area (Å²) in [6.07, 6.45) is 1.36. The number of Topliss-reactive ketones (excluding diaryl/α,β-unsaturated/α-hetero) is 2. The molecule has 0 unspecified atom stereocenters. The van der Waals surface area contributed by atoms with Gasteiger partial charge in [0.15, 0.2) is 11.6 Å². The van der Waals surface area contributed by atoms with Crippen LogP contribution in [0.25, 0.3) is 0 Å². The summed E-state index contributed by atoms with van der Waals surface area (Å²) in [5.41, 5.74) is 1.37. The van der Waals surface area contributed by atoms with Gasteiger partial charge in [0.1, 0.15) is 11.8 Å². The van der Waals surface area contributed by atoms with E-state index in [0.717, 1.165) is 5.56 Å². The van der Waals surface area contributed by atoms with Crippen LogP contribution in [-0.2, 0) is 16.0 Å². The molecule has 1 N–H and O–H groups in total. The monoisotopic (exact) mass is 275 g/mol. The lowest BCUT2D eigenvalue weighted by Crippen LogP contribution is -2.24. The van der Waals surface area contributed by atoms with Crippen LogP contribution in [0.3, 0.4) is 0 Å². The van der Waals surface area contributed by atoms with Crippen molar-refractivity contribution in [2.75, 3.05) is 0 Å². The number of nitrogens with zero attached hydrogens (tertiary/aromatic N) is 1. The van der Waals surface area contributed by atoms with E-state index in [1.165, 1.54) is 6.92 Å². The number of phenols is 1. The lowest BCUT2D eigenvalue weighted by Gasteiger charge is -2.12. The first kappa shape index (κ1) is 16.1. The van der Waals surface area contributed by atoms with Crippen molar-refractivity contribution in [3.63, 3.8) is 0 Å². The Morgan fingerprint density at radius 1 is 1.15 bits per heavy atom. The minimum absolute atomic E-state index is 0.0188. The molecule has 0 saturated heterocycles. The molecular weight excluding hydrogens is 254 g/mol. The summed E-state index contributed by atoms with van der Waals surface area (Å²) < 4.78 is 0. The van der Waals surface area contributed by atoms with Gasteiger partial charge in [-0.25, -0.2) is 0 Å². The summed E-state index contributed by atoms with van der Waals surface area (Å²) in [7, 11) is 0. The van der Waals surface area contributed by atoms with Gasteiger partial charge in [-0.05, 0) is 24.1 Å². The van der Waals surface area contributed by atoms with E-state index >= 15 is 0 Å². The second-order valence-electron chi connectivity index (χ2n) is 4.69. The lowest BCUT2D eigenvalue weighted by atomic mass is 10.0. The number of phenolic OH excluding ortho intramolecular Hbond substituents is 1. The van der Waals surface area contributed by atoms with Crippen molar-refractivity contribution in [3.05, 3.63) is 29.8 Å². The number of carbonyl (C=O) groups is 2. The zero-order chi connectivity index (χ0) is 15.1. The van der Waals surface area contributed by atoms with Crippen LogP contribution < -0.4 is 0 Å². The van der Waals surface area contributed by atoms with Crippen molar-refractivity contribution in [1.29, 1.82) is 0 Å². The Hall–Kier alpha value is -1.97. The zero-order valence-corrected chi connectivity index (χ0v) is 12.2. The minimum atomic E-state index is -0.525. The molecule has 1 atom stereocenters. The van der Waals surface area contributed by atoms with Crippen LogP contribution in [0.2, 0.25) is 0 Å². The Morgan fingerprint density at radius 2 is 1.75 bits per heavy atom. The number of ketones is 2. The second-order valence-corrected chi connectivity index (χ2v) is 4.69. The number of aromatic hydroxyl groups is 1. The van der Waals surface area contributed by atoms with Gasteiger partial charge in [0.05, 0.1) is 5.71 Å². The van der Waals surface area contributed by atoms with Crippen molar-refractivity contribution in [2.24, 2.45) is 4.99 Å². The number of rotatable bonds is 7. The summed E-state index contributed by atoms with van der Waals surface area (Å²) in [5, 5.41) is 9.26. The molecule has 108 valence electrons. The van der Waals surface area contributed by atoms with Crippen molar-refractivity contribution in [3.8, 4) is 5.75 Å². The highest BCUT2D eigenvalue weighted by Gasteiger charge is 2.18. The van der Waals surface area contributed by atoms with Crippen molar-refractivity contribution >= 4 is 17.3 Å². The first-order chi connectivity index (χ1) is 9.47. The summed E-state index contributed by atoms with van der Waals surface area (Å²) >= 11 is 0. The molecule has 0 aliphatic rings. The fourth-order valence-electron chi connectivity index (χ4n) is 1.94. The quantitative estimate of drug-likeness (QED) is 0.778. The van der Waals surface area contributed by atoms with Gasteiger partial charge < -0.3 is 5.11 Å². The van der Waals surface area contributed by atoms with Gasteiger partial charge in [-0.1, -0.05) is 26.0 Å². The maximum absolute atomic E-state index is 12.0. The van der Waals surface area contributed by atoms with E-state index in [-0.39, 0.29) is 17.3 Å². The molecule has 0 bridgehead atoms. The predicted molar refractivity (Wildman–Crippen MR) is 79.3 cm³/mol. The number of aliphatic imine (C=N–C) groups is 1. The minimum Gasteiger partial charge on any atom is -0.508 e. The number of hydrogen-bond acceptors (Lipinski definition) is 4. The van der Waals surface area contributed by atoms with E-state index in [1.807, 2.05) is 6.92 Å². The Labute approximate surface area is 119 Å². The highest BCUT2D eigenvalue weighted by molar-refractivity contribution is 6.39. The van der Waals surface area contributed by atoms with Gasteiger partial charge in [0, 0.05) is 19.8 Å². The van der Waals surface area contributed by atoms with Crippen molar-refractivity contribution < 1.29 is 14.7 Å². The van der Waals surface area contributed by atoms with Gasteiger partial charge in [0.2, 0.25) is 0 Å². The van der Waals surface area contributed by atoms with Crippen molar-refractivity contribution in [2.45, 2.75) is 46.1 Å². The van der Waals surface area contributed by atoms with E-state index in [4.69, 9.17) is 0 Å². The molecule has 4 heteroatoms. The molecular formula is C16H21NO3. The lowest BCUT2D eigenvalue weighted by molar-refractivity contribution is -0.119. The van der Waals surface area contributed by atoms with Gasteiger partial charge >= 0.3 is 0 Å². The number of benzene rings is 1. The summed E-state index contributed by atoms with van der Waals surface area (Å²) in [4.78, 5) is 27.8. The highest BCUT2D eigenvalue weighted by Crippen LogP contribution is 2.14. The highest BCUT2D eigenvalue weighted by atomic mass is 16.3. The van der Waals surface area contributed by atoms with Crippen LogP contribution in [0.15, 0.2) is 29.3 Å². The maximum Gasteiger partial charge on any atom is 0.173 e. The molecule has 1 aromatic carbocycles. The molecule has 4 nitrogen and oxygen atoms in total. The molecule has 0 spiro atoms. The third-order valence-corrected chi connectivity index (χ3v) is 3.14. The van der Waals surface area contributed by atoms with Gasteiger partial charge in [-0.3, -0.25) is 14.6 Å². The largest absolute Gasteiger partial charge is 0.508 e. The standard InChI is InChI=1S/C16H21NO3/c1-4-14(11(3)18)17-15(16(20)5-2)10-12-6-8-13(19)9-7-12/h6-9,15,19H,4-5,10H2,1-3H3/t15-/m1/s1. The average Bonchev–Trinajstić information content (AvgIpc) is 2.44. The second kappa shape index (κ2) is 7.58. The van der Waals surface area contributed by atoms with Crippen molar-refractivity contribution in [1.82, 2.24) is 0 Å². The summed E-state index contributed by atoms with van der Waals surface area (Å²) in [5.74, 6) is 0.117. The fraction of sp³-hybridized carbons (Fsp3) is 0.438. The Kier molecular flexibility index (Phi) is 6.10. The topological polar surface area (TPSA) is 66.7 Å². The van der Waals surface area contributed by atoms with Crippen LogP contribution in [0.1, 0.15) is 39.2 Å². The van der Waals surface area contributed by atoms with Crippen LogP contribution >= 0.6 is 0 Å². The predicted octanol–water partition coefficient (Wildman–Crippen LogP) is 2.72. The third kappa shape index (κ3) is 4.61. The Bertz CT molecular complexity index is 503.